The highest BCUT2D eigenvalue weighted by molar-refractivity contribution is 7.98. The van der Waals surface area contributed by atoms with Crippen molar-refractivity contribution in [3.63, 3.8) is 0 Å². The van der Waals surface area contributed by atoms with Gasteiger partial charge < -0.3 is 10.1 Å². The Hall–Kier alpha value is -2.27. The van der Waals surface area contributed by atoms with Gasteiger partial charge in [0.15, 0.2) is 5.78 Å². The van der Waals surface area contributed by atoms with E-state index in [2.05, 4.69) is 5.32 Å². The summed E-state index contributed by atoms with van der Waals surface area (Å²) >= 11 is 1.64. The van der Waals surface area contributed by atoms with Crippen molar-refractivity contribution in [1.29, 1.82) is 0 Å². The second-order valence-corrected chi connectivity index (χ2v) is 6.28. The lowest BCUT2D eigenvalue weighted by molar-refractivity contribution is -0.116. The van der Waals surface area contributed by atoms with Gasteiger partial charge in [0.1, 0.15) is 5.75 Å². The summed E-state index contributed by atoms with van der Waals surface area (Å²) in [5.41, 5.74) is 2.24. The number of amides is 1. The molecule has 0 atom stereocenters. The quantitative estimate of drug-likeness (QED) is 0.601. The van der Waals surface area contributed by atoms with E-state index in [1.807, 2.05) is 43.5 Å². The van der Waals surface area contributed by atoms with Crippen molar-refractivity contribution in [3.8, 4) is 5.75 Å². The van der Waals surface area contributed by atoms with E-state index >= 15 is 0 Å². The number of hydrogen-bond donors (Lipinski definition) is 1. The average Bonchev–Trinajstić information content (AvgIpc) is 2.60. The summed E-state index contributed by atoms with van der Waals surface area (Å²) in [4.78, 5) is 25.5. The van der Waals surface area contributed by atoms with Gasteiger partial charge in [-0.3, -0.25) is 9.59 Å². The molecule has 0 aliphatic carbocycles. The fraction of sp³-hybridized carbons (Fsp3) is 0.263. The van der Waals surface area contributed by atoms with Crippen molar-refractivity contribution < 1.29 is 14.3 Å². The van der Waals surface area contributed by atoms with Gasteiger partial charge in [-0.1, -0.05) is 11.6 Å². The highest BCUT2D eigenvalue weighted by Gasteiger charge is 2.14. The smallest absolute Gasteiger partial charge is 0.224 e. The van der Waals surface area contributed by atoms with E-state index in [0.717, 1.165) is 16.1 Å². The highest BCUT2D eigenvalue weighted by atomic mass is 32.2. The summed E-state index contributed by atoms with van der Waals surface area (Å²) in [6, 6.07) is 13.1. The van der Waals surface area contributed by atoms with Gasteiger partial charge in [0.2, 0.25) is 5.91 Å². The number of benzene rings is 2. The molecule has 4 nitrogen and oxygen atoms in total. The number of rotatable bonds is 7. The van der Waals surface area contributed by atoms with Crippen LogP contribution < -0.4 is 10.1 Å². The molecule has 5 heteroatoms. The number of anilines is 1. The predicted octanol–water partition coefficient (Wildman–Crippen LogP) is 4.33. The van der Waals surface area contributed by atoms with Crippen LogP contribution in [0.3, 0.4) is 0 Å². The van der Waals surface area contributed by atoms with E-state index in [9.17, 15) is 9.59 Å². The summed E-state index contributed by atoms with van der Waals surface area (Å²) in [5.74, 6) is 0.272. The van der Waals surface area contributed by atoms with E-state index in [-0.39, 0.29) is 24.5 Å². The van der Waals surface area contributed by atoms with Crippen molar-refractivity contribution >= 4 is 29.1 Å². The molecule has 2 aromatic carbocycles. The minimum Gasteiger partial charge on any atom is -0.496 e. The van der Waals surface area contributed by atoms with E-state index in [1.165, 1.54) is 7.11 Å². The van der Waals surface area contributed by atoms with Gasteiger partial charge in [-0.15, -0.1) is 11.8 Å². The minimum absolute atomic E-state index is 0.0940. The number of ketones is 1. The molecule has 0 bridgehead atoms. The Morgan fingerprint density at radius 2 is 1.79 bits per heavy atom. The Morgan fingerprint density at radius 3 is 2.42 bits per heavy atom. The lowest BCUT2D eigenvalue weighted by Gasteiger charge is -2.09. The summed E-state index contributed by atoms with van der Waals surface area (Å²) < 4.78 is 5.22. The van der Waals surface area contributed by atoms with Gasteiger partial charge in [-0.25, -0.2) is 0 Å². The Morgan fingerprint density at radius 1 is 1.08 bits per heavy atom. The molecular weight excluding hydrogens is 322 g/mol. The van der Waals surface area contributed by atoms with Crippen LogP contribution in [0.4, 0.5) is 5.69 Å². The van der Waals surface area contributed by atoms with Crippen LogP contribution in [0.2, 0.25) is 0 Å². The molecule has 126 valence electrons. The molecule has 24 heavy (non-hydrogen) atoms. The largest absolute Gasteiger partial charge is 0.496 e. The van der Waals surface area contributed by atoms with Gasteiger partial charge >= 0.3 is 0 Å². The van der Waals surface area contributed by atoms with E-state index in [1.54, 1.807) is 23.9 Å². The van der Waals surface area contributed by atoms with Crippen LogP contribution in [0.15, 0.2) is 47.4 Å². The number of ether oxygens (including phenoxy) is 1. The van der Waals surface area contributed by atoms with Crippen molar-refractivity contribution in [3.05, 3.63) is 53.6 Å². The van der Waals surface area contributed by atoms with E-state index in [0.29, 0.717) is 11.3 Å². The lowest BCUT2D eigenvalue weighted by atomic mass is 10.0. The number of methoxy groups -OCH3 is 1. The number of carbonyl (C=O) groups is 2. The molecule has 2 aromatic rings. The Bertz CT molecular complexity index is 726. The third kappa shape index (κ3) is 4.86. The van der Waals surface area contributed by atoms with Crippen LogP contribution in [0.25, 0.3) is 0 Å². The Kier molecular flexibility index (Phi) is 6.44. The van der Waals surface area contributed by atoms with E-state index in [4.69, 9.17) is 4.74 Å². The first-order chi connectivity index (χ1) is 11.5. The maximum absolute atomic E-state index is 12.4. The van der Waals surface area contributed by atoms with Crippen LogP contribution in [0.1, 0.15) is 28.8 Å². The third-order valence-corrected chi connectivity index (χ3v) is 4.35. The molecule has 0 saturated carbocycles. The number of nitrogens with one attached hydrogen (secondary N) is 1. The fourth-order valence-corrected chi connectivity index (χ4v) is 2.71. The van der Waals surface area contributed by atoms with Gasteiger partial charge in [0.25, 0.3) is 0 Å². The zero-order valence-electron chi connectivity index (χ0n) is 14.1. The molecule has 0 spiro atoms. The first kappa shape index (κ1) is 18.1. The number of carbonyl (C=O) groups excluding carboxylic acids is 2. The van der Waals surface area contributed by atoms with Crippen molar-refractivity contribution in [2.45, 2.75) is 24.7 Å². The van der Waals surface area contributed by atoms with Crippen molar-refractivity contribution in [2.75, 3.05) is 18.7 Å². The second-order valence-electron chi connectivity index (χ2n) is 5.40. The molecular formula is C19H21NO3S. The van der Waals surface area contributed by atoms with Crippen molar-refractivity contribution in [1.82, 2.24) is 0 Å². The van der Waals surface area contributed by atoms with Gasteiger partial charge in [-0.2, -0.15) is 0 Å². The zero-order chi connectivity index (χ0) is 17.5. The van der Waals surface area contributed by atoms with Crippen LogP contribution >= 0.6 is 11.8 Å². The standard InChI is InChI=1S/C19H21NO3S/c1-13-4-10-18(23-2)16(12-13)17(21)9-11-19(22)20-14-5-7-15(24-3)8-6-14/h4-8,10,12H,9,11H2,1-3H3,(H,20,22). The molecule has 0 aromatic heterocycles. The molecule has 0 heterocycles. The van der Waals surface area contributed by atoms with Gasteiger partial charge in [0.05, 0.1) is 12.7 Å². The lowest BCUT2D eigenvalue weighted by Crippen LogP contribution is -2.14. The van der Waals surface area contributed by atoms with Crippen LogP contribution in [0, 0.1) is 6.92 Å². The van der Waals surface area contributed by atoms with Crippen LogP contribution in [0.5, 0.6) is 5.75 Å². The second kappa shape index (κ2) is 8.55. The molecule has 0 saturated heterocycles. The zero-order valence-corrected chi connectivity index (χ0v) is 14.9. The third-order valence-electron chi connectivity index (χ3n) is 3.61. The van der Waals surface area contributed by atoms with Gasteiger partial charge in [-0.05, 0) is 49.6 Å². The summed E-state index contributed by atoms with van der Waals surface area (Å²) in [7, 11) is 1.53. The van der Waals surface area contributed by atoms with Crippen LogP contribution in [-0.4, -0.2) is 25.1 Å². The molecule has 1 N–H and O–H groups in total. The van der Waals surface area contributed by atoms with Crippen molar-refractivity contribution in [2.24, 2.45) is 0 Å². The molecule has 1 amide bonds. The van der Waals surface area contributed by atoms with Crippen LogP contribution in [-0.2, 0) is 4.79 Å². The summed E-state index contributed by atoms with van der Waals surface area (Å²) in [6.07, 6.45) is 2.29. The molecule has 2 rings (SSSR count). The molecule has 0 aliphatic rings. The summed E-state index contributed by atoms with van der Waals surface area (Å²) in [5, 5.41) is 2.81. The number of hydrogen-bond acceptors (Lipinski definition) is 4. The number of Topliss-reactive ketones (excluding diaryl/α,β-unsaturated/α-hetero) is 1. The molecule has 0 aliphatic heterocycles. The predicted molar refractivity (Wildman–Crippen MR) is 98.1 cm³/mol. The topological polar surface area (TPSA) is 55.4 Å². The molecule has 0 radical (unpaired) electrons. The average molecular weight is 343 g/mol. The Balaban J connectivity index is 1.93. The SMILES string of the molecule is COc1ccc(C)cc1C(=O)CCC(=O)Nc1ccc(SC)cc1. The maximum atomic E-state index is 12.4. The number of thioether (sulfide) groups is 1. The maximum Gasteiger partial charge on any atom is 0.224 e. The first-order valence-electron chi connectivity index (χ1n) is 7.65. The summed E-state index contributed by atoms with van der Waals surface area (Å²) in [6.45, 7) is 1.92. The first-order valence-corrected chi connectivity index (χ1v) is 8.87. The minimum atomic E-state index is -0.174. The Labute approximate surface area is 146 Å². The molecule has 0 fully saturated rings. The van der Waals surface area contributed by atoms with Gasteiger partial charge in [0, 0.05) is 23.4 Å². The van der Waals surface area contributed by atoms with E-state index < -0.39 is 0 Å². The fourth-order valence-electron chi connectivity index (χ4n) is 2.30. The normalized spacial score (nSPS) is 10.3. The number of aryl methyl sites for hydroxylation is 1. The molecule has 0 unspecified atom stereocenters. The monoisotopic (exact) mass is 343 g/mol. The highest BCUT2D eigenvalue weighted by Crippen LogP contribution is 2.22.